The second-order valence-electron chi connectivity index (χ2n) is 5.11. The first kappa shape index (κ1) is 17.1. The van der Waals surface area contributed by atoms with E-state index >= 15 is 0 Å². The number of nitrogens with zero attached hydrogens (tertiary/aromatic N) is 1. The van der Waals surface area contributed by atoms with Crippen LogP contribution in [0.4, 0.5) is 10.1 Å². The predicted molar refractivity (Wildman–Crippen MR) is 82.3 cm³/mol. The van der Waals surface area contributed by atoms with E-state index in [9.17, 15) is 17.6 Å². The number of hydrogen-bond donors (Lipinski definition) is 2. The first-order valence-corrected chi connectivity index (χ1v) is 8.57. The van der Waals surface area contributed by atoms with Crippen LogP contribution in [0.25, 0.3) is 0 Å². The van der Waals surface area contributed by atoms with E-state index in [1.54, 1.807) is 0 Å². The lowest BCUT2D eigenvalue weighted by Crippen LogP contribution is -2.58. The van der Waals surface area contributed by atoms with Crippen LogP contribution in [0.2, 0.25) is 5.02 Å². The lowest BCUT2D eigenvalue weighted by atomic mass is 10.0. The van der Waals surface area contributed by atoms with Gasteiger partial charge in [0.05, 0.1) is 5.02 Å². The van der Waals surface area contributed by atoms with Gasteiger partial charge in [0.2, 0.25) is 5.91 Å². The molecule has 1 aromatic rings. The zero-order chi connectivity index (χ0) is 16.5. The highest BCUT2D eigenvalue weighted by Crippen LogP contribution is 2.22. The highest BCUT2D eigenvalue weighted by Gasteiger charge is 2.39. The normalized spacial score (nSPS) is 24.9. The minimum Gasteiger partial charge on any atom is -0.325 e. The Balaban J connectivity index is 2.18. The molecular formula is C13H17ClFN3O3S. The van der Waals surface area contributed by atoms with Gasteiger partial charge in [-0.15, -0.1) is 0 Å². The van der Waals surface area contributed by atoms with Crippen LogP contribution < -0.4 is 10.0 Å². The maximum Gasteiger partial charge on any atom is 0.280 e. The molecule has 0 unspecified atom stereocenters. The number of carbonyl (C=O) groups is 1. The largest absolute Gasteiger partial charge is 0.325 e. The Morgan fingerprint density at radius 1 is 1.55 bits per heavy atom. The van der Waals surface area contributed by atoms with Gasteiger partial charge in [-0.1, -0.05) is 18.5 Å². The maximum atomic E-state index is 13.1. The van der Waals surface area contributed by atoms with Crippen LogP contribution in [0.15, 0.2) is 18.2 Å². The minimum absolute atomic E-state index is 0.115. The average molecular weight is 350 g/mol. The Bertz CT molecular complexity index is 683. The van der Waals surface area contributed by atoms with Crippen LogP contribution in [-0.4, -0.2) is 37.8 Å². The average Bonchev–Trinajstić information content (AvgIpc) is 2.45. The topological polar surface area (TPSA) is 78.5 Å². The minimum atomic E-state index is -3.69. The van der Waals surface area contributed by atoms with E-state index in [0.717, 1.165) is 10.4 Å². The van der Waals surface area contributed by atoms with Gasteiger partial charge < -0.3 is 5.32 Å². The van der Waals surface area contributed by atoms with Crippen molar-refractivity contribution in [3.8, 4) is 0 Å². The summed E-state index contributed by atoms with van der Waals surface area (Å²) >= 11 is 5.66. The summed E-state index contributed by atoms with van der Waals surface area (Å²) < 4.78 is 40.6. The summed E-state index contributed by atoms with van der Waals surface area (Å²) in [5.41, 5.74) is 0.314. The van der Waals surface area contributed by atoms with E-state index < -0.39 is 28.0 Å². The van der Waals surface area contributed by atoms with Gasteiger partial charge in [-0.05, 0) is 31.0 Å². The lowest BCUT2D eigenvalue weighted by molar-refractivity contribution is -0.120. The van der Waals surface area contributed by atoms with Gasteiger partial charge in [-0.25, -0.2) is 4.39 Å². The number of nitrogens with one attached hydrogen (secondary N) is 2. The summed E-state index contributed by atoms with van der Waals surface area (Å²) in [6.45, 7) is 1.84. The van der Waals surface area contributed by atoms with Crippen molar-refractivity contribution < 1.29 is 17.6 Å². The summed E-state index contributed by atoms with van der Waals surface area (Å²) in [5.74, 6) is -1.07. The van der Waals surface area contributed by atoms with Crippen molar-refractivity contribution in [2.45, 2.75) is 31.8 Å². The third-order valence-corrected chi connectivity index (χ3v) is 5.56. The van der Waals surface area contributed by atoms with Crippen LogP contribution in [0.3, 0.4) is 0 Å². The number of anilines is 1. The molecule has 6 nitrogen and oxygen atoms in total. The molecule has 9 heteroatoms. The Morgan fingerprint density at radius 2 is 2.23 bits per heavy atom. The van der Waals surface area contributed by atoms with Crippen molar-refractivity contribution >= 4 is 33.4 Å². The third kappa shape index (κ3) is 3.57. The molecule has 22 heavy (non-hydrogen) atoms. The Morgan fingerprint density at radius 3 is 2.82 bits per heavy atom. The monoisotopic (exact) mass is 349 g/mol. The first-order valence-electron chi connectivity index (χ1n) is 6.75. The Hall–Kier alpha value is -1.22. The molecule has 1 saturated heterocycles. The molecule has 0 bridgehead atoms. The molecule has 2 N–H and O–H groups in total. The fourth-order valence-electron chi connectivity index (χ4n) is 2.25. The van der Waals surface area contributed by atoms with E-state index in [2.05, 4.69) is 10.0 Å². The summed E-state index contributed by atoms with van der Waals surface area (Å²) in [6, 6.07) is 2.65. The van der Waals surface area contributed by atoms with Gasteiger partial charge in [0, 0.05) is 18.8 Å². The summed E-state index contributed by atoms with van der Waals surface area (Å²) in [6.07, 6.45) is 0.937. The molecular weight excluding hydrogens is 333 g/mol. The molecule has 0 aromatic heterocycles. The van der Waals surface area contributed by atoms with Crippen molar-refractivity contribution in [3.63, 3.8) is 0 Å². The standard InChI is InChI=1S/C13H17ClFN3O3S/c1-3-8-7-12(18(2)22(20,21)17-8)13(19)16-9-4-5-11(15)10(14)6-9/h4-6,8,12,17H,3,7H2,1-2H3,(H,16,19)/t8-,12-/m1/s1. The van der Waals surface area contributed by atoms with Crippen LogP contribution >= 0.6 is 11.6 Å². The quantitative estimate of drug-likeness (QED) is 0.872. The smallest absolute Gasteiger partial charge is 0.280 e. The fraction of sp³-hybridized carbons (Fsp3) is 0.462. The molecule has 0 saturated carbocycles. The van der Waals surface area contributed by atoms with Gasteiger partial charge in [0.15, 0.2) is 0 Å². The number of likely N-dealkylation sites (N-methyl/N-ethyl adjacent to an activating group) is 1. The highest BCUT2D eigenvalue weighted by molar-refractivity contribution is 7.87. The molecule has 1 aliphatic heterocycles. The molecule has 0 spiro atoms. The van der Waals surface area contributed by atoms with E-state index in [1.807, 2.05) is 6.92 Å². The van der Waals surface area contributed by atoms with Crippen LogP contribution in [-0.2, 0) is 15.0 Å². The zero-order valence-electron chi connectivity index (χ0n) is 12.1. The molecule has 1 aliphatic rings. The number of carbonyl (C=O) groups excluding carboxylic acids is 1. The van der Waals surface area contributed by atoms with Crippen molar-refractivity contribution in [1.82, 2.24) is 9.03 Å². The summed E-state index contributed by atoms with van der Waals surface area (Å²) in [5, 5.41) is 2.45. The van der Waals surface area contributed by atoms with Gasteiger partial charge in [0.25, 0.3) is 10.2 Å². The number of benzene rings is 1. The molecule has 1 amide bonds. The van der Waals surface area contributed by atoms with Gasteiger partial charge in [0.1, 0.15) is 11.9 Å². The first-order chi connectivity index (χ1) is 10.2. The number of hydrogen-bond acceptors (Lipinski definition) is 3. The van der Waals surface area contributed by atoms with Crippen LogP contribution in [0.5, 0.6) is 0 Å². The summed E-state index contributed by atoms with van der Waals surface area (Å²) in [7, 11) is -2.34. The summed E-state index contributed by atoms with van der Waals surface area (Å²) in [4.78, 5) is 12.3. The molecule has 122 valence electrons. The van der Waals surface area contributed by atoms with Gasteiger partial charge >= 0.3 is 0 Å². The molecule has 0 radical (unpaired) electrons. The molecule has 0 aliphatic carbocycles. The highest BCUT2D eigenvalue weighted by atomic mass is 35.5. The molecule has 2 atom stereocenters. The maximum absolute atomic E-state index is 13.1. The van der Waals surface area contributed by atoms with Crippen molar-refractivity contribution in [2.75, 3.05) is 12.4 Å². The van der Waals surface area contributed by atoms with Crippen molar-refractivity contribution in [2.24, 2.45) is 0 Å². The van der Waals surface area contributed by atoms with Crippen molar-refractivity contribution in [1.29, 1.82) is 0 Å². The SMILES string of the molecule is CC[C@@H]1C[C@H](C(=O)Nc2ccc(F)c(Cl)c2)N(C)S(=O)(=O)N1. The number of halogens is 2. The molecule has 1 fully saturated rings. The van der Waals surface area contributed by atoms with E-state index in [-0.39, 0.29) is 11.1 Å². The van der Waals surface area contributed by atoms with Crippen LogP contribution in [0, 0.1) is 5.82 Å². The zero-order valence-corrected chi connectivity index (χ0v) is 13.7. The molecule has 1 aromatic carbocycles. The molecule has 2 rings (SSSR count). The van der Waals surface area contributed by atoms with Gasteiger partial charge in [-0.2, -0.15) is 17.4 Å². The van der Waals surface area contributed by atoms with Crippen LogP contribution in [0.1, 0.15) is 19.8 Å². The van der Waals surface area contributed by atoms with E-state index in [1.165, 1.54) is 19.2 Å². The number of amides is 1. The second kappa shape index (κ2) is 6.49. The van der Waals surface area contributed by atoms with E-state index in [0.29, 0.717) is 18.5 Å². The molecule has 1 heterocycles. The third-order valence-electron chi connectivity index (χ3n) is 3.62. The number of rotatable bonds is 3. The van der Waals surface area contributed by atoms with E-state index in [4.69, 9.17) is 11.6 Å². The lowest BCUT2D eigenvalue weighted by Gasteiger charge is -2.35. The predicted octanol–water partition coefficient (Wildman–Crippen LogP) is 1.73. The fourth-order valence-corrected chi connectivity index (χ4v) is 3.80. The van der Waals surface area contributed by atoms with Gasteiger partial charge in [-0.3, -0.25) is 4.79 Å². The Labute approximate surface area is 133 Å². The Kier molecular flexibility index (Phi) is 5.06. The second-order valence-corrected chi connectivity index (χ2v) is 7.28. The van der Waals surface area contributed by atoms with Crippen molar-refractivity contribution in [3.05, 3.63) is 29.0 Å².